The van der Waals surface area contributed by atoms with Gasteiger partial charge in [-0.25, -0.2) is 0 Å². The van der Waals surface area contributed by atoms with Crippen molar-refractivity contribution in [2.75, 3.05) is 26.2 Å². The van der Waals surface area contributed by atoms with Gasteiger partial charge in [0.15, 0.2) is 0 Å². The van der Waals surface area contributed by atoms with Gasteiger partial charge in [-0.1, -0.05) is 13.8 Å². The Balaban J connectivity index is 2.57. The average molecular weight is 249 g/mol. The van der Waals surface area contributed by atoms with Crippen LogP contribution in [0.3, 0.4) is 0 Å². The second-order valence-corrected chi connectivity index (χ2v) is 5.91. The second-order valence-electron chi connectivity index (χ2n) is 4.21. The van der Waals surface area contributed by atoms with Crippen molar-refractivity contribution in [1.29, 1.82) is 0 Å². The molecule has 16 heavy (non-hydrogen) atoms. The third-order valence-corrected chi connectivity index (χ3v) is 4.34. The van der Waals surface area contributed by atoms with Crippen LogP contribution in [0.25, 0.3) is 0 Å². The van der Waals surface area contributed by atoms with E-state index in [1.54, 1.807) is 4.31 Å². The lowest BCUT2D eigenvalue weighted by molar-refractivity contribution is 0.396. The maximum atomic E-state index is 12.1. The molecular formula is C10H23N3O2S. The SMILES string of the molecule is CCCN(CCC)S(=O)(=O)N[C@H]1CCNC1. The van der Waals surface area contributed by atoms with E-state index in [0.29, 0.717) is 13.1 Å². The lowest BCUT2D eigenvalue weighted by Gasteiger charge is -2.23. The maximum absolute atomic E-state index is 12.1. The van der Waals surface area contributed by atoms with E-state index in [4.69, 9.17) is 0 Å². The quantitative estimate of drug-likeness (QED) is 0.682. The third-order valence-electron chi connectivity index (χ3n) is 2.66. The second kappa shape index (κ2) is 6.54. The van der Waals surface area contributed by atoms with Crippen LogP contribution in [0.5, 0.6) is 0 Å². The van der Waals surface area contributed by atoms with E-state index in [9.17, 15) is 8.42 Å². The van der Waals surface area contributed by atoms with E-state index in [-0.39, 0.29) is 6.04 Å². The lowest BCUT2D eigenvalue weighted by atomic mass is 10.3. The summed E-state index contributed by atoms with van der Waals surface area (Å²) in [4.78, 5) is 0. The van der Waals surface area contributed by atoms with Crippen molar-refractivity contribution in [3.05, 3.63) is 0 Å². The van der Waals surface area contributed by atoms with Crippen molar-refractivity contribution < 1.29 is 8.42 Å². The van der Waals surface area contributed by atoms with E-state index >= 15 is 0 Å². The molecule has 1 aliphatic heterocycles. The van der Waals surface area contributed by atoms with Crippen LogP contribution < -0.4 is 10.0 Å². The largest absolute Gasteiger partial charge is 0.315 e. The molecule has 2 N–H and O–H groups in total. The number of nitrogens with one attached hydrogen (secondary N) is 2. The molecule has 96 valence electrons. The van der Waals surface area contributed by atoms with E-state index in [1.807, 2.05) is 13.8 Å². The maximum Gasteiger partial charge on any atom is 0.279 e. The molecule has 1 atom stereocenters. The highest BCUT2D eigenvalue weighted by molar-refractivity contribution is 7.87. The molecule has 0 aromatic carbocycles. The van der Waals surface area contributed by atoms with E-state index in [2.05, 4.69) is 10.0 Å². The molecule has 5 nitrogen and oxygen atoms in total. The first-order chi connectivity index (χ1) is 7.60. The minimum absolute atomic E-state index is 0.0567. The van der Waals surface area contributed by atoms with Gasteiger partial charge in [0.05, 0.1) is 0 Å². The number of nitrogens with zero attached hydrogens (tertiary/aromatic N) is 1. The number of hydrogen-bond donors (Lipinski definition) is 2. The molecule has 1 heterocycles. The van der Waals surface area contributed by atoms with Gasteiger partial charge >= 0.3 is 0 Å². The molecule has 1 fully saturated rings. The molecule has 1 saturated heterocycles. The van der Waals surface area contributed by atoms with Crippen LogP contribution in [0, 0.1) is 0 Å². The zero-order valence-electron chi connectivity index (χ0n) is 10.2. The Morgan fingerprint density at radius 2 is 1.94 bits per heavy atom. The Bertz CT molecular complexity index is 280. The van der Waals surface area contributed by atoms with Gasteiger partial charge in [0, 0.05) is 25.7 Å². The molecule has 0 aromatic heterocycles. The first kappa shape index (κ1) is 13.9. The topological polar surface area (TPSA) is 61.4 Å². The summed E-state index contributed by atoms with van der Waals surface area (Å²) in [6, 6.07) is 0.0567. The van der Waals surface area contributed by atoms with Gasteiger partial charge in [-0.05, 0) is 25.8 Å². The average Bonchev–Trinajstić information content (AvgIpc) is 2.69. The molecule has 0 aromatic rings. The summed E-state index contributed by atoms with van der Waals surface area (Å²) >= 11 is 0. The molecule has 0 amide bonds. The molecule has 6 heteroatoms. The minimum Gasteiger partial charge on any atom is -0.315 e. The van der Waals surface area contributed by atoms with Crippen LogP contribution in [-0.4, -0.2) is 44.9 Å². The fourth-order valence-corrected chi connectivity index (χ4v) is 3.51. The standard InChI is InChI=1S/C10H23N3O2S/c1-3-7-13(8-4-2)16(14,15)12-10-5-6-11-9-10/h10-12H,3-9H2,1-2H3/t10-/m0/s1. The minimum atomic E-state index is -3.29. The summed E-state index contributed by atoms with van der Waals surface area (Å²) in [5.41, 5.74) is 0. The van der Waals surface area contributed by atoms with Crippen molar-refractivity contribution in [2.24, 2.45) is 0 Å². The Kier molecular flexibility index (Phi) is 5.68. The molecule has 1 rings (SSSR count). The van der Waals surface area contributed by atoms with Gasteiger partial charge in [-0.15, -0.1) is 0 Å². The van der Waals surface area contributed by atoms with Crippen molar-refractivity contribution in [3.8, 4) is 0 Å². The zero-order valence-corrected chi connectivity index (χ0v) is 11.0. The van der Waals surface area contributed by atoms with Crippen LogP contribution in [-0.2, 0) is 10.2 Å². The summed E-state index contributed by atoms with van der Waals surface area (Å²) in [5, 5.41) is 3.15. The highest BCUT2D eigenvalue weighted by Gasteiger charge is 2.25. The molecular weight excluding hydrogens is 226 g/mol. The van der Waals surface area contributed by atoms with Crippen LogP contribution in [0.1, 0.15) is 33.1 Å². The first-order valence-corrected chi connectivity index (χ1v) is 7.52. The fraction of sp³-hybridized carbons (Fsp3) is 1.00. The molecule has 0 saturated carbocycles. The highest BCUT2D eigenvalue weighted by atomic mass is 32.2. The molecule has 0 aliphatic carbocycles. The Morgan fingerprint density at radius 3 is 2.38 bits per heavy atom. The monoisotopic (exact) mass is 249 g/mol. The summed E-state index contributed by atoms with van der Waals surface area (Å²) in [7, 11) is -3.29. The molecule has 0 bridgehead atoms. The summed E-state index contributed by atoms with van der Waals surface area (Å²) in [6.45, 7) is 6.83. The smallest absolute Gasteiger partial charge is 0.279 e. The van der Waals surface area contributed by atoms with Crippen molar-refractivity contribution in [3.63, 3.8) is 0 Å². The summed E-state index contributed by atoms with van der Waals surface area (Å²) in [6.07, 6.45) is 2.58. The predicted molar refractivity (Wildman–Crippen MR) is 65.5 cm³/mol. The first-order valence-electron chi connectivity index (χ1n) is 6.08. The van der Waals surface area contributed by atoms with Gasteiger partial charge in [0.2, 0.25) is 0 Å². The Hall–Kier alpha value is -0.170. The number of hydrogen-bond acceptors (Lipinski definition) is 3. The highest BCUT2D eigenvalue weighted by Crippen LogP contribution is 2.05. The van der Waals surface area contributed by atoms with Gasteiger partial charge in [-0.3, -0.25) is 0 Å². The van der Waals surface area contributed by atoms with Crippen LogP contribution in [0.4, 0.5) is 0 Å². The van der Waals surface area contributed by atoms with E-state index in [1.165, 1.54) is 0 Å². The Morgan fingerprint density at radius 1 is 1.31 bits per heavy atom. The van der Waals surface area contributed by atoms with E-state index < -0.39 is 10.2 Å². The van der Waals surface area contributed by atoms with Crippen LogP contribution >= 0.6 is 0 Å². The lowest BCUT2D eigenvalue weighted by Crippen LogP contribution is -2.46. The Labute approximate surface area is 98.8 Å². The van der Waals surface area contributed by atoms with Crippen molar-refractivity contribution >= 4 is 10.2 Å². The summed E-state index contributed by atoms with van der Waals surface area (Å²) in [5.74, 6) is 0. The van der Waals surface area contributed by atoms with Crippen LogP contribution in [0.15, 0.2) is 0 Å². The van der Waals surface area contributed by atoms with Crippen LogP contribution in [0.2, 0.25) is 0 Å². The summed E-state index contributed by atoms with van der Waals surface area (Å²) < 4.78 is 28.4. The van der Waals surface area contributed by atoms with Gasteiger partial charge < -0.3 is 5.32 Å². The van der Waals surface area contributed by atoms with Gasteiger partial charge in [0.1, 0.15) is 0 Å². The van der Waals surface area contributed by atoms with Gasteiger partial charge in [0.25, 0.3) is 10.2 Å². The molecule has 0 unspecified atom stereocenters. The predicted octanol–water partition coefficient (Wildman–Crippen LogP) is 0.305. The van der Waals surface area contributed by atoms with E-state index in [0.717, 1.165) is 32.4 Å². The molecule has 0 radical (unpaired) electrons. The number of rotatable bonds is 7. The normalized spacial score (nSPS) is 21.8. The van der Waals surface area contributed by atoms with Crippen molar-refractivity contribution in [1.82, 2.24) is 14.3 Å². The van der Waals surface area contributed by atoms with Crippen molar-refractivity contribution in [2.45, 2.75) is 39.2 Å². The molecule has 0 spiro atoms. The third kappa shape index (κ3) is 4.01. The van der Waals surface area contributed by atoms with Gasteiger partial charge in [-0.2, -0.15) is 17.4 Å². The fourth-order valence-electron chi connectivity index (χ4n) is 1.89. The zero-order chi connectivity index (χ0) is 12.0. The molecule has 1 aliphatic rings.